The van der Waals surface area contributed by atoms with Crippen LogP contribution in [0.2, 0.25) is 0 Å². The van der Waals surface area contributed by atoms with E-state index in [0.717, 1.165) is 52.0 Å². The maximum atomic E-state index is 13.1. The Balaban J connectivity index is 1.22. The second-order valence-electron chi connectivity index (χ2n) is 9.07. The molecular weight excluding hydrogens is 360 g/mol. The fraction of sp³-hybridized carbons (Fsp3) is 0.708. The first kappa shape index (κ1) is 20.8. The van der Waals surface area contributed by atoms with Gasteiger partial charge in [0.05, 0.1) is 5.92 Å². The number of carbonyl (C=O) groups excluding carboxylic acids is 1. The van der Waals surface area contributed by atoms with E-state index >= 15 is 0 Å². The Bertz CT molecular complexity index is 621. The molecule has 5 nitrogen and oxygen atoms in total. The molecule has 3 aliphatic rings. The summed E-state index contributed by atoms with van der Waals surface area (Å²) in [4.78, 5) is 20.5. The van der Waals surface area contributed by atoms with Gasteiger partial charge in [-0.3, -0.25) is 9.69 Å². The van der Waals surface area contributed by atoms with E-state index in [9.17, 15) is 4.79 Å². The fourth-order valence-electron chi connectivity index (χ4n) is 5.30. The molecule has 160 valence electrons. The molecule has 3 saturated heterocycles. The molecule has 5 heteroatoms. The van der Waals surface area contributed by atoms with Crippen molar-refractivity contribution in [3.63, 3.8) is 0 Å². The van der Waals surface area contributed by atoms with E-state index in [-0.39, 0.29) is 5.92 Å². The summed E-state index contributed by atoms with van der Waals surface area (Å²) < 4.78 is 0. The number of hydrogen-bond acceptors (Lipinski definition) is 4. The van der Waals surface area contributed by atoms with Gasteiger partial charge in [0.1, 0.15) is 0 Å². The summed E-state index contributed by atoms with van der Waals surface area (Å²) in [6.45, 7) is 9.54. The van der Waals surface area contributed by atoms with Crippen LogP contribution in [0.15, 0.2) is 30.3 Å². The summed E-state index contributed by atoms with van der Waals surface area (Å²) in [7, 11) is 0. The van der Waals surface area contributed by atoms with Crippen molar-refractivity contribution >= 4 is 5.91 Å². The van der Waals surface area contributed by atoms with Crippen LogP contribution in [0.1, 0.15) is 37.7 Å². The molecule has 0 aliphatic carbocycles. The van der Waals surface area contributed by atoms with E-state index in [1.807, 2.05) is 0 Å². The molecule has 0 aromatic heterocycles. The lowest BCUT2D eigenvalue weighted by molar-refractivity contribution is -0.137. The predicted octanol–water partition coefficient (Wildman–Crippen LogP) is 2.23. The molecule has 3 heterocycles. The fourth-order valence-corrected chi connectivity index (χ4v) is 5.30. The lowest BCUT2D eigenvalue weighted by Gasteiger charge is -2.42. The van der Waals surface area contributed by atoms with E-state index in [1.165, 1.54) is 51.0 Å². The van der Waals surface area contributed by atoms with Crippen molar-refractivity contribution in [2.75, 3.05) is 58.9 Å². The third kappa shape index (κ3) is 5.80. The number of rotatable bonds is 5. The number of piperidine rings is 2. The van der Waals surface area contributed by atoms with Crippen molar-refractivity contribution in [3.8, 4) is 0 Å². The number of amides is 1. The topological polar surface area (TPSA) is 38.8 Å². The van der Waals surface area contributed by atoms with Gasteiger partial charge in [0.15, 0.2) is 0 Å². The molecule has 3 aliphatic heterocycles. The molecule has 1 aromatic carbocycles. The lowest BCUT2D eigenvalue weighted by atomic mass is 9.92. The Morgan fingerprint density at radius 3 is 2.59 bits per heavy atom. The molecule has 4 rings (SSSR count). The zero-order chi connectivity index (χ0) is 19.9. The molecule has 3 fully saturated rings. The maximum Gasteiger partial charge on any atom is 0.227 e. The Hall–Kier alpha value is -1.43. The molecule has 0 spiro atoms. The highest BCUT2D eigenvalue weighted by molar-refractivity contribution is 5.79. The highest BCUT2D eigenvalue weighted by Gasteiger charge is 2.33. The Kier molecular flexibility index (Phi) is 7.58. The molecule has 1 atom stereocenters. The summed E-state index contributed by atoms with van der Waals surface area (Å²) in [5.41, 5.74) is 1.44. The minimum absolute atomic E-state index is 0.220. The van der Waals surface area contributed by atoms with Gasteiger partial charge in [-0.2, -0.15) is 0 Å². The first-order valence-corrected chi connectivity index (χ1v) is 11.8. The predicted molar refractivity (Wildman–Crippen MR) is 118 cm³/mol. The van der Waals surface area contributed by atoms with Gasteiger partial charge in [-0.25, -0.2) is 0 Å². The number of nitrogens with zero attached hydrogens (tertiary/aromatic N) is 3. The van der Waals surface area contributed by atoms with Gasteiger partial charge in [-0.05, 0) is 70.3 Å². The van der Waals surface area contributed by atoms with E-state index < -0.39 is 0 Å². The average Bonchev–Trinajstić information content (AvgIpc) is 3.08. The summed E-state index contributed by atoms with van der Waals surface area (Å²) in [5, 5.41) is 3.41. The van der Waals surface area contributed by atoms with E-state index in [2.05, 4.69) is 50.3 Å². The van der Waals surface area contributed by atoms with Crippen LogP contribution in [-0.2, 0) is 11.2 Å². The normalized spacial score (nSPS) is 25.7. The van der Waals surface area contributed by atoms with Crippen LogP contribution in [0.5, 0.6) is 0 Å². The summed E-state index contributed by atoms with van der Waals surface area (Å²) in [5.74, 6) is 0.636. The zero-order valence-corrected chi connectivity index (χ0v) is 17.9. The molecule has 1 unspecified atom stereocenters. The summed E-state index contributed by atoms with van der Waals surface area (Å²) >= 11 is 0. The minimum Gasteiger partial charge on any atom is -0.341 e. The van der Waals surface area contributed by atoms with Gasteiger partial charge >= 0.3 is 0 Å². The summed E-state index contributed by atoms with van der Waals surface area (Å²) in [6.07, 6.45) is 7.00. The lowest BCUT2D eigenvalue weighted by Crippen LogP contribution is -2.51. The Morgan fingerprint density at radius 1 is 0.931 bits per heavy atom. The quantitative estimate of drug-likeness (QED) is 0.826. The SMILES string of the molecule is O=C(C1CCCN(C2CCN(CCc3ccccc3)CC2)C1)N1CCCNCC1. The number of carbonyl (C=O) groups is 1. The van der Waals surface area contributed by atoms with Crippen molar-refractivity contribution in [1.29, 1.82) is 0 Å². The van der Waals surface area contributed by atoms with E-state index in [0.29, 0.717) is 11.9 Å². The highest BCUT2D eigenvalue weighted by atomic mass is 16.2. The molecule has 29 heavy (non-hydrogen) atoms. The number of likely N-dealkylation sites (tertiary alicyclic amines) is 2. The van der Waals surface area contributed by atoms with Crippen LogP contribution in [0.3, 0.4) is 0 Å². The molecule has 1 aromatic rings. The number of nitrogens with one attached hydrogen (secondary N) is 1. The minimum atomic E-state index is 0.220. The van der Waals surface area contributed by atoms with Gasteiger partial charge in [0.2, 0.25) is 5.91 Å². The van der Waals surface area contributed by atoms with Crippen molar-refractivity contribution in [3.05, 3.63) is 35.9 Å². The largest absolute Gasteiger partial charge is 0.341 e. The van der Waals surface area contributed by atoms with Crippen LogP contribution in [0.4, 0.5) is 0 Å². The van der Waals surface area contributed by atoms with Crippen LogP contribution in [0, 0.1) is 5.92 Å². The maximum absolute atomic E-state index is 13.1. The molecular formula is C24H38N4O. The van der Waals surface area contributed by atoms with Gasteiger partial charge in [0, 0.05) is 38.8 Å². The Labute approximate surface area is 176 Å². The molecule has 1 amide bonds. The monoisotopic (exact) mass is 398 g/mol. The van der Waals surface area contributed by atoms with Crippen molar-refractivity contribution in [1.82, 2.24) is 20.0 Å². The van der Waals surface area contributed by atoms with Crippen LogP contribution in [-0.4, -0.2) is 85.6 Å². The van der Waals surface area contributed by atoms with Crippen molar-refractivity contribution in [2.45, 2.75) is 44.6 Å². The molecule has 1 N–H and O–H groups in total. The number of benzene rings is 1. The second kappa shape index (κ2) is 10.6. The first-order chi connectivity index (χ1) is 14.3. The van der Waals surface area contributed by atoms with Gasteiger partial charge in [-0.15, -0.1) is 0 Å². The Morgan fingerprint density at radius 2 is 1.76 bits per heavy atom. The third-order valence-corrected chi connectivity index (χ3v) is 7.09. The van der Waals surface area contributed by atoms with E-state index in [1.54, 1.807) is 0 Å². The highest BCUT2D eigenvalue weighted by Crippen LogP contribution is 2.25. The van der Waals surface area contributed by atoms with Crippen LogP contribution in [0.25, 0.3) is 0 Å². The smallest absolute Gasteiger partial charge is 0.227 e. The van der Waals surface area contributed by atoms with Crippen molar-refractivity contribution < 1.29 is 4.79 Å². The van der Waals surface area contributed by atoms with Gasteiger partial charge < -0.3 is 15.1 Å². The van der Waals surface area contributed by atoms with Crippen LogP contribution < -0.4 is 5.32 Å². The van der Waals surface area contributed by atoms with Crippen molar-refractivity contribution in [2.24, 2.45) is 5.92 Å². The average molecular weight is 399 g/mol. The zero-order valence-electron chi connectivity index (χ0n) is 17.9. The first-order valence-electron chi connectivity index (χ1n) is 11.8. The molecule has 0 radical (unpaired) electrons. The van der Waals surface area contributed by atoms with E-state index in [4.69, 9.17) is 0 Å². The van der Waals surface area contributed by atoms with Gasteiger partial charge in [-0.1, -0.05) is 30.3 Å². The number of hydrogen-bond donors (Lipinski definition) is 1. The molecule has 0 bridgehead atoms. The molecule has 0 saturated carbocycles. The van der Waals surface area contributed by atoms with Crippen LogP contribution >= 0.6 is 0 Å². The standard InChI is InChI=1S/C24H38N4O/c29-24(27-15-5-12-25-13-19-27)22-8-4-14-28(20-22)23-10-17-26(18-11-23)16-9-21-6-2-1-3-7-21/h1-3,6-7,22-23,25H,4-5,8-20H2. The third-order valence-electron chi connectivity index (χ3n) is 7.09. The second-order valence-corrected chi connectivity index (χ2v) is 9.07. The summed E-state index contributed by atoms with van der Waals surface area (Å²) in [6, 6.07) is 11.5. The van der Waals surface area contributed by atoms with Gasteiger partial charge in [0.25, 0.3) is 0 Å².